The molecule has 0 saturated carbocycles. The van der Waals surface area contributed by atoms with Crippen LogP contribution in [0.15, 0.2) is 18.2 Å². The SMILES string of the molecule is CN(C)CC1CC2(CCN(C(=O)c3ccc4c(c3)OCCO4)CC2)C(=O)O1.O=CO. The predicted octanol–water partition coefficient (Wildman–Crippen LogP) is 1.26. The van der Waals surface area contributed by atoms with Gasteiger partial charge in [0.2, 0.25) is 0 Å². The number of esters is 1. The van der Waals surface area contributed by atoms with Gasteiger partial charge in [-0.15, -0.1) is 0 Å². The maximum absolute atomic E-state index is 12.9. The van der Waals surface area contributed by atoms with E-state index in [2.05, 4.69) is 0 Å². The van der Waals surface area contributed by atoms with Gasteiger partial charge in [0.05, 0.1) is 5.41 Å². The fourth-order valence-corrected chi connectivity index (χ4v) is 4.25. The van der Waals surface area contributed by atoms with Crippen molar-refractivity contribution < 1.29 is 33.7 Å². The van der Waals surface area contributed by atoms with Crippen LogP contribution in [-0.4, -0.2) is 86.3 Å². The summed E-state index contributed by atoms with van der Waals surface area (Å²) >= 11 is 0. The number of carbonyl (C=O) groups is 3. The summed E-state index contributed by atoms with van der Waals surface area (Å²) in [6.45, 7) is 2.65. The second-order valence-corrected chi connectivity index (χ2v) is 8.03. The van der Waals surface area contributed by atoms with Crippen LogP contribution in [0, 0.1) is 5.41 Å². The Hall–Kier alpha value is -2.81. The Kier molecular flexibility index (Phi) is 6.81. The molecule has 4 rings (SSSR count). The van der Waals surface area contributed by atoms with Crippen molar-refractivity contribution in [3.63, 3.8) is 0 Å². The zero-order valence-electron chi connectivity index (χ0n) is 17.3. The van der Waals surface area contributed by atoms with Crippen molar-refractivity contribution in [1.29, 1.82) is 0 Å². The van der Waals surface area contributed by atoms with Gasteiger partial charge in [-0.2, -0.15) is 0 Å². The Labute approximate surface area is 175 Å². The van der Waals surface area contributed by atoms with Crippen molar-refractivity contribution in [2.24, 2.45) is 5.41 Å². The van der Waals surface area contributed by atoms with Gasteiger partial charge < -0.3 is 29.1 Å². The highest BCUT2D eigenvalue weighted by molar-refractivity contribution is 5.95. The van der Waals surface area contributed by atoms with Gasteiger partial charge in [-0.1, -0.05) is 0 Å². The number of hydrogen-bond donors (Lipinski definition) is 1. The summed E-state index contributed by atoms with van der Waals surface area (Å²) in [7, 11) is 3.96. The lowest BCUT2D eigenvalue weighted by Crippen LogP contribution is -2.45. The number of fused-ring (bicyclic) bond motifs is 1. The fraction of sp³-hybridized carbons (Fsp3) is 0.571. The number of ether oxygens (including phenoxy) is 3. The second-order valence-electron chi connectivity index (χ2n) is 8.03. The molecule has 0 bridgehead atoms. The van der Waals surface area contributed by atoms with Crippen LogP contribution in [0.3, 0.4) is 0 Å². The first kappa shape index (κ1) is 21.9. The molecule has 0 aliphatic carbocycles. The lowest BCUT2D eigenvalue weighted by molar-refractivity contribution is -0.150. The Morgan fingerprint density at radius 3 is 2.50 bits per heavy atom. The van der Waals surface area contributed by atoms with Crippen molar-refractivity contribution in [2.75, 3.05) is 46.9 Å². The maximum Gasteiger partial charge on any atom is 0.312 e. The van der Waals surface area contributed by atoms with Crippen molar-refractivity contribution in [2.45, 2.75) is 25.4 Å². The highest BCUT2D eigenvalue weighted by Crippen LogP contribution is 2.43. The van der Waals surface area contributed by atoms with Crippen molar-refractivity contribution in [3.8, 4) is 11.5 Å². The summed E-state index contributed by atoms with van der Waals surface area (Å²) in [6, 6.07) is 5.31. The number of carboxylic acid groups (broad SMARTS) is 1. The molecule has 0 aromatic heterocycles. The van der Waals surface area contributed by atoms with E-state index in [0.29, 0.717) is 56.2 Å². The minimum atomic E-state index is -0.426. The molecule has 1 aromatic rings. The molecule has 9 heteroatoms. The number of amides is 1. The van der Waals surface area contributed by atoms with Gasteiger partial charge >= 0.3 is 5.97 Å². The first-order chi connectivity index (χ1) is 14.4. The smallest absolute Gasteiger partial charge is 0.312 e. The average molecular weight is 420 g/mol. The van der Waals surface area contributed by atoms with Gasteiger partial charge in [0.1, 0.15) is 19.3 Å². The molecule has 2 saturated heterocycles. The molecule has 3 aliphatic rings. The number of likely N-dealkylation sites (N-methyl/N-ethyl adjacent to an activating group) is 1. The third kappa shape index (κ3) is 4.67. The quantitative estimate of drug-likeness (QED) is 0.576. The van der Waals surface area contributed by atoms with Crippen molar-refractivity contribution in [1.82, 2.24) is 9.80 Å². The van der Waals surface area contributed by atoms with E-state index in [-0.39, 0.29) is 24.5 Å². The number of piperidine rings is 1. The first-order valence-corrected chi connectivity index (χ1v) is 10.0. The third-order valence-corrected chi connectivity index (χ3v) is 5.69. The monoisotopic (exact) mass is 420 g/mol. The van der Waals surface area contributed by atoms with Crippen LogP contribution < -0.4 is 9.47 Å². The van der Waals surface area contributed by atoms with Crippen molar-refractivity contribution in [3.05, 3.63) is 23.8 Å². The second kappa shape index (κ2) is 9.34. The molecule has 1 unspecified atom stereocenters. The maximum atomic E-state index is 12.9. The lowest BCUT2D eigenvalue weighted by Gasteiger charge is -2.36. The topological polar surface area (TPSA) is 106 Å². The van der Waals surface area contributed by atoms with Gasteiger partial charge in [-0.05, 0) is 45.1 Å². The van der Waals surface area contributed by atoms with Crippen LogP contribution >= 0.6 is 0 Å². The van der Waals surface area contributed by atoms with E-state index < -0.39 is 5.41 Å². The van der Waals surface area contributed by atoms with Gasteiger partial charge in [-0.25, -0.2) is 0 Å². The number of nitrogens with zero attached hydrogens (tertiary/aromatic N) is 2. The molecule has 3 heterocycles. The summed E-state index contributed by atoms with van der Waals surface area (Å²) in [5, 5.41) is 6.89. The van der Waals surface area contributed by atoms with E-state index in [1.165, 1.54) is 0 Å². The predicted molar refractivity (Wildman–Crippen MR) is 107 cm³/mol. The van der Waals surface area contributed by atoms with E-state index in [0.717, 1.165) is 13.0 Å². The normalized spacial score (nSPS) is 21.6. The molecule has 1 atom stereocenters. The molecule has 1 spiro atoms. The molecule has 1 amide bonds. The molecule has 3 aliphatic heterocycles. The summed E-state index contributed by atoms with van der Waals surface area (Å²) in [5.41, 5.74) is 0.166. The van der Waals surface area contributed by atoms with Gasteiger partial charge in [0, 0.05) is 31.6 Å². The largest absolute Gasteiger partial charge is 0.486 e. The Morgan fingerprint density at radius 2 is 1.87 bits per heavy atom. The van der Waals surface area contributed by atoms with Gasteiger partial charge in [0.25, 0.3) is 12.4 Å². The average Bonchev–Trinajstić information content (AvgIpc) is 3.02. The van der Waals surface area contributed by atoms with Gasteiger partial charge in [-0.3, -0.25) is 14.4 Å². The molecule has 2 fully saturated rings. The molecule has 1 aromatic carbocycles. The number of rotatable bonds is 3. The minimum Gasteiger partial charge on any atom is -0.486 e. The van der Waals surface area contributed by atoms with E-state index >= 15 is 0 Å². The molecule has 9 nitrogen and oxygen atoms in total. The van der Waals surface area contributed by atoms with Crippen LogP contribution in [0.2, 0.25) is 0 Å². The highest BCUT2D eigenvalue weighted by Gasteiger charge is 2.50. The van der Waals surface area contributed by atoms with E-state index in [1.54, 1.807) is 18.2 Å². The summed E-state index contributed by atoms with van der Waals surface area (Å²) in [5.74, 6) is 1.17. The number of likely N-dealkylation sites (tertiary alicyclic amines) is 1. The number of carbonyl (C=O) groups excluding carboxylic acids is 2. The standard InChI is InChI=1S/C20H26N2O5.CH2O2/c1-21(2)13-15-12-20(19(24)27-15)5-7-22(8-6-20)18(23)14-3-4-16-17(11-14)26-10-9-25-16;2-1-3/h3-4,11,15H,5-10,12-13H2,1-2H3;1H,(H,2,3). The van der Waals surface area contributed by atoms with Gasteiger partial charge in [0.15, 0.2) is 11.5 Å². The van der Waals surface area contributed by atoms with Crippen LogP contribution in [0.4, 0.5) is 0 Å². The van der Waals surface area contributed by atoms with Crippen LogP contribution in [0.5, 0.6) is 11.5 Å². The molecule has 164 valence electrons. The Balaban J connectivity index is 0.000000806. The number of benzene rings is 1. The van der Waals surface area contributed by atoms with E-state index in [9.17, 15) is 9.59 Å². The third-order valence-electron chi connectivity index (χ3n) is 5.69. The Bertz CT molecular complexity index is 788. The lowest BCUT2D eigenvalue weighted by atomic mass is 9.76. The van der Waals surface area contributed by atoms with Crippen molar-refractivity contribution >= 4 is 18.3 Å². The fourth-order valence-electron chi connectivity index (χ4n) is 4.25. The molecule has 1 N–H and O–H groups in total. The molecular formula is C21H28N2O7. The summed E-state index contributed by atoms with van der Waals surface area (Å²) < 4.78 is 16.7. The summed E-state index contributed by atoms with van der Waals surface area (Å²) in [4.78, 5) is 37.6. The molecule has 0 radical (unpaired) electrons. The van der Waals surface area contributed by atoms with E-state index in [4.69, 9.17) is 24.1 Å². The van der Waals surface area contributed by atoms with Crippen LogP contribution in [-0.2, 0) is 14.3 Å². The highest BCUT2D eigenvalue weighted by atomic mass is 16.6. The zero-order valence-corrected chi connectivity index (χ0v) is 17.3. The number of hydrogen-bond acceptors (Lipinski definition) is 7. The summed E-state index contributed by atoms with van der Waals surface area (Å²) in [6.07, 6.45) is 2.02. The Morgan fingerprint density at radius 1 is 1.23 bits per heavy atom. The van der Waals surface area contributed by atoms with Crippen LogP contribution in [0.25, 0.3) is 0 Å². The minimum absolute atomic E-state index is 0.0296. The van der Waals surface area contributed by atoms with Crippen LogP contribution in [0.1, 0.15) is 29.6 Å². The number of cyclic esters (lactones) is 1. The first-order valence-electron chi connectivity index (χ1n) is 10.0. The zero-order chi connectivity index (χ0) is 21.7. The van der Waals surface area contributed by atoms with E-state index in [1.807, 2.05) is 23.9 Å². The molecular weight excluding hydrogens is 392 g/mol. The molecule has 30 heavy (non-hydrogen) atoms.